The van der Waals surface area contributed by atoms with Gasteiger partial charge in [0.1, 0.15) is 16.5 Å². The third kappa shape index (κ3) is 5.07. The minimum Gasteiger partial charge on any atom is -0.497 e. The van der Waals surface area contributed by atoms with Crippen LogP contribution in [0.4, 0.5) is 0 Å². The number of hydrogen-bond donors (Lipinski definition) is 1. The first kappa shape index (κ1) is 21.7. The molecular weight excluding hydrogens is 381 g/mol. The van der Waals surface area contributed by atoms with E-state index in [1.807, 2.05) is 41.6 Å². The van der Waals surface area contributed by atoms with Gasteiger partial charge in [-0.2, -0.15) is 0 Å². The van der Waals surface area contributed by atoms with Gasteiger partial charge in [0.05, 0.1) is 7.11 Å². The van der Waals surface area contributed by atoms with Gasteiger partial charge in [-0.15, -0.1) is 36.2 Å². The topological polar surface area (TPSA) is 54.5 Å². The van der Waals surface area contributed by atoms with E-state index in [9.17, 15) is 4.79 Å². The highest BCUT2D eigenvalue weighted by Crippen LogP contribution is 2.26. The number of methoxy groups -OCH3 is 1. The summed E-state index contributed by atoms with van der Waals surface area (Å²) in [5, 5.41) is 6.02. The van der Waals surface area contributed by atoms with Gasteiger partial charge in [-0.25, -0.2) is 4.98 Å². The summed E-state index contributed by atoms with van der Waals surface area (Å²) in [6, 6.07) is 8.03. The molecule has 3 rings (SSSR count). The first-order valence-electron chi connectivity index (χ1n) is 7.77. The Labute approximate surface area is 164 Å². The largest absolute Gasteiger partial charge is 0.497 e. The van der Waals surface area contributed by atoms with Crippen LogP contribution < -0.4 is 10.1 Å². The number of thiazole rings is 1. The molecule has 1 aromatic heterocycles. The van der Waals surface area contributed by atoms with Crippen LogP contribution in [0.3, 0.4) is 0 Å². The molecule has 1 N–H and O–H groups in total. The van der Waals surface area contributed by atoms with Crippen LogP contribution >= 0.6 is 36.2 Å². The standard InChI is InChI=1S/C17H21N3O2S.2ClH/c1-20(13-7-9-18-10-8-13)17(21)15-11-23-16(19-15)12-3-5-14(22-2)6-4-12;;/h3-6,11,13,18H,7-10H2,1-2H3;2*1H. The van der Waals surface area contributed by atoms with Gasteiger partial charge < -0.3 is 15.0 Å². The lowest BCUT2D eigenvalue weighted by molar-refractivity contribution is 0.0698. The van der Waals surface area contributed by atoms with Gasteiger partial charge in [0, 0.05) is 24.0 Å². The van der Waals surface area contributed by atoms with Crippen LogP contribution in [-0.2, 0) is 0 Å². The number of nitrogens with one attached hydrogen (secondary N) is 1. The van der Waals surface area contributed by atoms with Crippen molar-refractivity contribution in [2.75, 3.05) is 27.2 Å². The molecule has 0 atom stereocenters. The zero-order valence-electron chi connectivity index (χ0n) is 14.2. The Bertz CT molecular complexity index is 673. The van der Waals surface area contributed by atoms with Crippen molar-refractivity contribution in [2.45, 2.75) is 18.9 Å². The lowest BCUT2D eigenvalue weighted by atomic mass is 10.1. The number of amides is 1. The van der Waals surface area contributed by atoms with E-state index in [4.69, 9.17) is 4.74 Å². The molecule has 0 bridgehead atoms. The predicted molar refractivity (Wildman–Crippen MR) is 107 cm³/mol. The van der Waals surface area contributed by atoms with Crippen molar-refractivity contribution < 1.29 is 9.53 Å². The van der Waals surface area contributed by atoms with Crippen molar-refractivity contribution in [3.05, 3.63) is 35.3 Å². The van der Waals surface area contributed by atoms with Crippen LogP contribution in [0.2, 0.25) is 0 Å². The van der Waals surface area contributed by atoms with E-state index in [-0.39, 0.29) is 30.7 Å². The number of carbonyl (C=O) groups excluding carboxylic acids is 1. The highest BCUT2D eigenvalue weighted by Gasteiger charge is 2.24. The van der Waals surface area contributed by atoms with Gasteiger partial charge in [0.15, 0.2) is 0 Å². The Kier molecular flexibility index (Phi) is 8.65. The van der Waals surface area contributed by atoms with Crippen LogP contribution in [0.15, 0.2) is 29.6 Å². The molecule has 1 aliphatic rings. The van der Waals surface area contributed by atoms with E-state index in [1.54, 1.807) is 7.11 Å². The smallest absolute Gasteiger partial charge is 0.273 e. The van der Waals surface area contributed by atoms with Crippen LogP contribution in [0, 0.1) is 0 Å². The summed E-state index contributed by atoms with van der Waals surface area (Å²) in [5.74, 6) is 0.820. The molecule has 0 saturated carbocycles. The Morgan fingerprint density at radius 2 is 1.88 bits per heavy atom. The van der Waals surface area contributed by atoms with Crippen molar-refractivity contribution in [3.63, 3.8) is 0 Å². The number of aromatic nitrogens is 1. The number of rotatable bonds is 4. The minimum atomic E-state index is 0. The van der Waals surface area contributed by atoms with Crippen LogP contribution in [0.5, 0.6) is 5.75 Å². The fourth-order valence-electron chi connectivity index (χ4n) is 2.78. The molecule has 0 aliphatic carbocycles. The molecule has 1 aromatic carbocycles. The van der Waals surface area contributed by atoms with E-state index in [1.165, 1.54) is 11.3 Å². The van der Waals surface area contributed by atoms with E-state index in [0.29, 0.717) is 11.7 Å². The summed E-state index contributed by atoms with van der Waals surface area (Å²) in [6.07, 6.45) is 2.00. The fraction of sp³-hybridized carbons (Fsp3) is 0.412. The van der Waals surface area contributed by atoms with Crippen molar-refractivity contribution in [2.24, 2.45) is 0 Å². The maximum absolute atomic E-state index is 12.6. The molecular formula is C17H23Cl2N3O2S. The third-order valence-electron chi connectivity index (χ3n) is 4.24. The Morgan fingerprint density at radius 3 is 2.48 bits per heavy atom. The summed E-state index contributed by atoms with van der Waals surface area (Å²) < 4.78 is 5.16. The Morgan fingerprint density at radius 1 is 1.24 bits per heavy atom. The van der Waals surface area contributed by atoms with E-state index >= 15 is 0 Å². The molecule has 5 nitrogen and oxygen atoms in total. The number of nitrogens with zero attached hydrogens (tertiary/aromatic N) is 2. The SMILES string of the molecule is COc1ccc(-c2nc(C(=O)N(C)C3CCNCC3)cs2)cc1.Cl.Cl. The Hall–Kier alpha value is -1.34. The second-order valence-electron chi connectivity index (χ2n) is 5.66. The van der Waals surface area contributed by atoms with E-state index in [2.05, 4.69) is 10.3 Å². The first-order valence-corrected chi connectivity index (χ1v) is 8.65. The van der Waals surface area contributed by atoms with Gasteiger partial charge in [-0.1, -0.05) is 0 Å². The predicted octanol–water partition coefficient (Wildman–Crippen LogP) is 3.49. The van der Waals surface area contributed by atoms with E-state index < -0.39 is 0 Å². The highest BCUT2D eigenvalue weighted by molar-refractivity contribution is 7.13. The quantitative estimate of drug-likeness (QED) is 0.848. The Balaban J connectivity index is 0.00000156. The average Bonchev–Trinajstić information content (AvgIpc) is 3.11. The molecule has 2 aromatic rings. The lowest BCUT2D eigenvalue weighted by Gasteiger charge is -2.31. The van der Waals surface area contributed by atoms with Crippen molar-refractivity contribution in [1.29, 1.82) is 0 Å². The molecule has 25 heavy (non-hydrogen) atoms. The molecule has 8 heteroatoms. The van der Waals surface area contributed by atoms with E-state index in [0.717, 1.165) is 42.3 Å². The van der Waals surface area contributed by atoms with Crippen LogP contribution in [-0.4, -0.2) is 49.1 Å². The van der Waals surface area contributed by atoms with Crippen LogP contribution in [0.1, 0.15) is 23.3 Å². The second-order valence-corrected chi connectivity index (χ2v) is 6.52. The zero-order valence-corrected chi connectivity index (χ0v) is 16.7. The van der Waals surface area contributed by atoms with Crippen molar-refractivity contribution in [1.82, 2.24) is 15.2 Å². The summed E-state index contributed by atoms with van der Waals surface area (Å²) >= 11 is 1.50. The normalized spacial score (nSPS) is 14.2. The maximum atomic E-state index is 12.6. The summed E-state index contributed by atoms with van der Waals surface area (Å²) in [6.45, 7) is 1.94. The first-order chi connectivity index (χ1) is 11.2. The molecule has 0 unspecified atom stereocenters. The summed E-state index contributed by atoms with van der Waals surface area (Å²) in [7, 11) is 3.52. The van der Waals surface area contributed by atoms with Crippen molar-refractivity contribution >= 4 is 42.1 Å². The molecule has 1 aliphatic heterocycles. The molecule has 0 radical (unpaired) electrons. The monoisotopic (exact) mass is 403 g/mol. The summed E-state index contributed by atoms with van der Waals surface area (Å²) in [5.41, 5.74) is 1.53. The molecule has 1 amide bonds. The zero-order chi connectivity index (χ0) is 16.2. The molecule has 1 fully saturated rings. The minimum absolute atomic E-state index is 0. The van der Waals surface area contributed by atoms with Crippen LogP contribution in [0.25, 0.3) is 10.6 Å². The number of ether oxygens (including phenoxy) is 1. The van der Waals surface area contributed by atoms with Gasteiger partial charge in [-0.05, 0) is 50.2 Å². The summed E-state index contributed by atoms with van der Waals surface area (Å²) in [4.78, 5) is 19.0. The second kappa shape index (κ2) is 9.97. The molecule has 0 spiro atoms. The number of benzene rings is 1. The average molecular weight is 404 g/mol. The number of piperidine rings is 1. The van der Waals surface area contributed by atoms with Gasteiger partial charge in [-0.3, -0.25) is 4.79 Å². The number of carbonyl (C=O) groups is 1. The van der Waals surface area contributed by atoms with Gasteiger partial charge in [0.25, 0.3) is 5.91 Å². The lowest BCUT2D eigenvalue weighted by Crippen LogP contribution is -2.44. The molecule has 1 saturated heterocycles. The van der Waals surface area contributed by atoms with Gasteiger partial charge >= 0.3 is 0 Å². The van der Waals surface area contributed by atoms with Crippen molar-refractivity contribution in [3.8, 4) is 16.3 Å². The third-order valence-corrected chi connectivity index (χ3v) is 5.13. The maximum Gasteiger partial charge on any atom is 0.273 e. The highest BCUT2D eigenvalue weighted by atomic mass is 35.5. The molecule has 138 valence electrons. The fourth-order valence-corrected chi connectivity index (χ4v) is 3.58. The number of halogens is 2. The number of hydrogen-bond acceptors (Lipinski definition) is 5. The van der Waals surface area contributed by atoms with Gasteiger partial charge in [0.2, 0.25) is 0 Å². The molecule has 2 heterocycles.